The van der Waals surface area contributed by atoms with Gasteiger partial charge >= 0.3 is 0 Å². The van der Waals surface area contributed by atoms with E-state index in [-0.39, 0.29) is 30.1 Å². The molecule has 1 aliphatic carbocycles. The third-order valence-corrected chi connectivity index (χ3v) is 7.70. The van der Waals surface area contributed by atoms with Gasteiger partial charge in [0, 0.05) is 48.4 Å². The molecule has 2 aliphatic heterocycles. The smallest absolute Gasteiger partial charge is 0.254 e. The number of fused-ring (bicyclic) bond motifs is 2. The number of carbonyl (C=O) groups excluding carboxylic acids is 2. The highest BCUT2D eigenvalue weighted by Crippen LogP contribution is 2.29. The summed E-state index contributed by atoms with van der Waals surface area (Å²) in [7, 11) is 0. The molecule has 3 aliphatic rings. The molecule has 35 heavy (non-hydrogen) atoms. The van der Waals surface area contributed by atoms with E-state index in [0.29, 0.717) is 53.8 Å². The molecular formula is C26H28ClN5O3. The lowest BCUT2D eigenvalue weighted by molar-refractivity contribution is -0.134. The zero-order valence-corrected chi connectivity index (χ0v) is 20.1. The van der Waals surface area contributed by atoms with Crippen molar-refractivity contribution in [3.8, 4) is 11.5 Å². The molecule has 0 radical (unpaired) electrons. The van der Waals surface area contributed by atoms with E-state index < -0.39 is 0 Å². The lowest BCUT2D eigenvalue weighted by Gasteiger charge is -2.46. The number of piperazine rings is 1. The summed E-state index contributed by atoms with van der Waals surface area (Å²) in [6, 6.07) is 13.0. The molecule has 2 amide bonds. The van der Waals surface area contributed by atoms with Crippen molar-refractivity contribution >= 4 is 34.5 Å². The molecule has 0 spiro atoms. The normalized spacial score (nSPS) is 25.3. The average Bonchev–Trinajstić information content (AvgIpc) is 3.32. The topological polar surface area (TPSA) is 90.7 Å². The maximum absolute atomic E-state index is 13.2. The maximum atomic E-state index is 13.2. The Bertz CT molecular complexity index is 1250. The highest BCUT2D eigenvalue weighted by molar-refractivity contribution is 6.30. The molecule has 3 unspecified atom stereocenters. The highest BCUT2D eigenvalue weighted by atomic mass is 35.5. The van der Waals surface area contributed by atoms with E-state index in [0.717, 1.165) is 24.8 Å². The van der Waals surface area contributed by atoms with Gasteiger partial charge in [-0.2, -0.15) is 0 Å². The van der Waals surface area contributed by atoms with Crippen LogP contribution in [0.1, 0.15) is 36.0 Å². The molecule has 3 aromatic rings. The summed E-state index contributed by atoms with van der Waals surface area (Å²) in [6.45, 7) is 2.61. The molecule has 2 N–H and O–H groups in total. The zero-order valence-electron chi connectivity index (χ0n) is 19.4. The van der Waals surface area contributed by atoms with Gasteiger partial charge in [-0.1, -0.05) is 24.4 Å². The van der Waals surface area contributed by atoms with Crippen LogP contribution in [0, 0.1) is 5.92 Å². The molecule has 182 valence electrons. The van der Waals surface area contributed by atoms with Crippen molar-refractivity contribution in [1.82, 2.24) is 25.4 Å². The van der Waals surface area contributed by atoms with Crippen LogP contribution in [0.5, 0.6) is 0 Å². The van der Waals surface area contributed by atoms with Crippen molar-refractivity contribution < 1.29 is 14.0 Å². The van der Waals surface area contributed by atoms with Gasteiger partial charge in [-0.3, -0.25) is 19.8 Å². The van der Waals surface area contributed by atoms with E-state index in [1.165, 1.54) is 6.42 Å². The van der Waals surface area contributed by atoms with Crippen LogP contribution in [0.2, 0.25) is 5.02 Å². The lowest BCUT2D eigenvalue weighted by atomic mass is 9.82. The summed E-state index contributed by atoms with van der Waals surface area (Å²) >= 11 is 5.98. The first-order valence-electron chi connectivity index (χ1n) is 12.3. The Balaban J connectivity index is 1.11. The second-order valence-corrected chi connectivity index (χ2v) is 10.0. The van der Waals surface area contributed by atoms with Gasteiger partial charge in [0.15, 0.2) is 5.58 Å². The Hall–Kier alpha value is -2.94. The summed E-state index contributed by atoms with van der Waals surface area (Å²) in [6.07, 6.45) is 4.17. The second-order valence-electron chi connectivity index (χ2n) is 9.61. The molecule has 6 rings (SSSR count). The maximum Gasteiger partial charge on any atom is 0.254 e. The molecule has 3 atom stereocenters. The SMILES string of the molecule is O=C1NC(N2CCN(C(=O)c3ccc4nc(-c5ccc(Cl)cc5)oc4c3)CC2)NC2CCCCC12. The first-order chi connectivity index (χ1) is 17.0. The van der Waals surface area contributed by atoms with Crippen LogP contribution >= 0.6 is 11.6 Å². The number of nitrogens with zero attached hydrogens (tertiary/aromatic N) is 3. The molecule has 3 fully saturated rings. The molecule has 1 saturated carbocycles. The summed E-state index contributed by atoms with van der Waals surface area (Å²) in [5.74, 6) is 0.727. The molecule has 9 heteroatoms. The second kappa shape index (κ2) is 9.26. The number of halogens is 1. The largest absolute Gasteiger partial charge is 0.436 e. The number of hydrogen-bond acceptors (Lipinski definition) is 6. The fraction of sp³-hybridized carbons (Fsp3) is 0.423. The zero-order chi connectivity index (χ0) is 23.9. The van der Waals surface area contributed by atoms with E-state index in [1.807, 2.05) is 23.1 Å². The van der Waals surface area contributed by atoms with Gasteiger partial charge in [-0.25, -0.2) is 4.98 Å². The minimum atomic E-state index is -0.157. The van der Waals surface area contributed by atoms with Crippen molar-refractivity contribution in [3.05, 3.63) is 53.1 Å². The van der Waals surface area contributed by atoms with E-state index in [1.54, 1.807) is 24.3 Å². The number of carbonyl (C=O) groups is 2. The fourth-order valence-electron chi connectivity index (χ4n) is 5.47. The van der Waals surface area contributed by atoms with Gasteiger partial charge in [-0.15, -0.1) is 0 Å². The predicted molar refractivity (Wildman–Crippen MR) is 133 cm³/mol. The summed E-state index contributed by atoms with van der Waals surface area (Å²) in [5, 5.41) is 7.43. The predicted octanol–water partition coefficient (Wildman–Crippen LogP) is 3.47. The van der Waals surface area contributed by atoms with E-state index >= 15 is 0 Å². The van der Waals surface area contributed by atoms with Crippen LogP contribution in [0.15, 0.2) is 46.9 Å². The van der Waals surface area contributed by atoms with Crippen LogP contribution in [-0.4, -0.2) is 65.1 Å². The van der Waals surface area contributed by atoms with Gasteiger partial charge in [-0.05, 0) is 55.3 Å². The van der Waals surface area contributed by atoms with Gasteiger partial charge in [0.05, 0.1) is 5.92 Å². The molecular weight excluding hydrogens is 466 g/mol. The van der Waals surface area contributed by atoms with Crippen LogP contribution in [0.3, 0.4) is 0 Å². The monoisotopic (exact) mass is 493 g/mol. The third-order valence-electron chi connectivity index (χ3n) is 7.45. The van der Waals surface area contributed by atoms with Crippen molar-refractivity contribution in [3.63, 3.8) is 0 Å². The van der Waals surface area contributed by atoms with Crippen molar-refractivity contribution in [2.24, 2.45) is 5.92 Å². The number of hydrogen-bond donors (Lipinski definition) is 2. The van der Waals surface area contributed by atoms with E-state index in [4.69, 9.17) is 16.0 Å². The van der Waals surface area contributed by atoms with Crippen molar-refractivity contribution in [2.45, 2.75) is 38.0 Å². The number of amides is 2. The van der Waals surface area contributed by atoms with Crippen molar-refractivity contribution in [1.29, 1.82) is 0 Å². The van der Waals surface area contributed by atoms with E-state index in [9.17, 15) is 9.59 Å². The first kappa shape index (κ1) is 22.5. The summed E-state index contributed by atoms with van der Waals surface area (Å²) < 4.78 is 5.94. The Labute approximate surface area is 208 Å². The Morgan fingerprint density at radius 3 is 2.60 bits per heavy atom. The Morgan fingerprint density at radius 1 is 1.03 bits per heavy atom. The summed E-state index contributed by atoms with van der Waals surface area (Å²) in [5.41, 5.74) is 2.70. The number of aromatic nitrogens is 1. The van der Waals surface area contributed by atoms with Gasteiger partial charge in [0.1, 0.15) is 11.8 Å². The van der Waals surface area contributed by atoms with Gasteiger partial charge in [0.25, 0.3) is 5.91 Å². The average molecular weight is 494 g/mol. The standard InChI is InChI=1S/C26H28ClN5O3/c27-18-8-5-16(6-9-18)24-28-21-10-7-17(15-22(21)35-24)25(34)31-11-13-32(14-12-31)26-29-20-4-2-1-3-19(20)23(33)30-26/h5-10,15,19-20,26,29H,1-4,11-14H2,(H,30,33). The molecule has 0 bridgehead atoms. The summed E-state index contributed by atoms with van der Waals surface area (Å²) in [4.78, 5) is 34.4. The molecule has 1 aromatic heterocycles. The molecule has 3 heterocycles. The minimum Gasteiger partial charge on any atom is -0.436 e. The molecule has 8 nitrogen and oxygen atoms in total. The quantitative estimate of drug-likeness (QED) is 0.580. The fourth-order valence-corrected chi connectivity index (χ4v) is 5.59. The van der Waals surface area contributed by atoms with Crippen molar-refractivity contribution in [2.75, 3.05) is 26.2 Å². The van der Waals surface area contributed by atoms with E-state index in [2.05, 4.69) is 20.5 Å². The highest BCUT2D eigenvalue weighted by Gasteiger charge is 2.40. The van der Waals surface area contributed by atoms with Gasteiger partial charge < -0.3 is 14.6 Å². The van der Waals surface area contributed by atoms with Crippen LogP contribution in [-0.2, 0) is 4.79 Å². The number of benzene rings is 2. The molecule has 2 saturated heterocycles. The third kappa shape index (κ3) is 4.42. The minimum absolute atomic E-state index is 0.0241. The van der Waals surface area contributed by atoms with Gasteiger partial charge in [0.2, 0.25) is 11.8 Å². The lowest BCUT2D eigenvalue weighted by Crippen LogP contribution is -2.69. The molecule has 2 aromatic carbocycles. The number of rotatable bonds is 3. The number of oxazole rings is 1. The number of nitrogens with one attached hydrogen (secondary N) is 2. The van der Waals surface area contributed by atoms with Crippen LogP contribution < -0.4 is 10.6 Å². The van der Waals surface area contributed by atoms with Crippen LogP contribution in [0.4, 0.5) is 0 Å². The Morgan fingerprint density at radius 2 is 1.80 bits per heavy atom. The Kier molecular flexibility index (Phi) is 5.96. The van der Waals surface area contributed by atoms with Crippen LogP contribution in [0.25, 0.3) is 22.6 Å². The first-order valence-corrected chi connectivity index (χ1v) is 12.7.